The molecule has 1 saturated heterocycles. The average molecular weight is 394 g/mol. The monoisotopic (exact) mass is 394 g/mol. The number of nitrogens with zero attached hydrogens (tertiary/aromatic N) is 4. The molecule has 4 heterocycles. The maximum atomic E-state index is 13.4. The molecule has 0 aromatic carbocycles. The molecule has 0 bridgehead atoms. The molecule has 28 heavy (non-hydrogen) atoms. The first kappa shape index (κ1) is 18.5. The second-order valence-electron chi connectivity index (χ2n) is 6.46. The zero-order valence-corrected chi connectivity index (χ0v) is 14.9. The minimum absolute atomic E-state index is 0.0546. The Hall–Kier alpha value is -2.88. The largest absolute Gasteiger partial charge is 0.443 e. The number of hydrogen-bond donors (Lipinski definition) is 0. The van der Waals surface area contributed by atoms with E-state index >= 15 is 0 Å². The molecule has 148 valence electrons. The highest BCUT2D eigenvalue weighted by Crippen LogP contribution is 2.34. The summed E-state index contributed by atoms with van der Waals surface area (Å²) in [5, 5.41) is 0. The van der Waals surface area contributed by atoms with E-state index in [0.717, 1.165) is 23.1 Å². The van der Waals surface area contributed by atoms with E-state index in [2.05, 4.69) is 9.97 Å². The normalized spacial score (nSPS) is 17.6. The Morgan fingerprint density at radius 1 is 1.39 bits per heavy atom. The summed E-state index contributed by atoms with van der Waals surface area (Å²) in [6, 6.07) is 0.943. The van der Waals surface area contributed by atoms with Crippen LogP contribution in [0.3, 0.4) is 0 Å². The van der Waals surface area contributed by atoms with Gasteiger partial charge in [0, 0.05) is 25.9 Å². The van der Waals surface area contributed by atoms with Crippen LogP contribution in [0.15, 0.2) is 35.5 Å². The van der Waals surface area contributed by atoms with Gasteiger partial charge in [-0.05, 0) is 19.4 Å². The van der Waals surface area contributed by atoms with E-state index in [4.69, 9.17) is 9.15 Å². The summed E-state index contributed by atoms with van der Waals surface area (Å²) in [5.41, 5.74) is -0.556. The summed E-state index contributed by atoms with van der Waals surface area (Å²) in [6.45, 7) is 3.29. The van der Waals surface area contributed by atoms with Crippen LogP contribution >= 0.6 is 0 Å². The molecule has 1 atom stereocenters. The van der Waals surface area contributed by atoms with Gasteiger partial charge >= 0.3 is 6.18 Å². The summed E-state index contributed by atoms with van der Waals surface area (Å²) in [4.78, 5) is 22.4. The van der Waals surface area contributed by atoms with Crippen LogP contribution in [0.4, 0.5) is 13.2 Å². The minimum Gasteiger partial charge on any atom is -0.443 e. The first-order valence-electron chi connectivity index (χ1n) is 8.76. The Labute approximate surface area is 157 Å². The zero-order chi connectivity index (χ0) is 19.9. The number of amides is 1. The van der Waals surface area contributed by atoms with Gasteiger partial charge in [0.25, 0.3) is 5.91 Å². The molecule has 1 fully saturated rings. The molecule has 7 nitrogen and oxygen atoms in total. The number of likely N-dealkylation sites (tertiary alicyclic amines) is 1. The second kappa shape index (κ2) is 6.93. The van der Waals surface area contributed by atoms with Crippen LogP contribution in [0.25, 0.3) is 17.0 Å². The van der Waals surface area contributed by atoms with Gasteiger partial charge in [-0.2, -0.15) is 13.2 Å². The summed E-state index contributed by atoms with van der Waals surface area (Å²) in [6.07, 6.45) is 0.618. The highest BCUT2D eigenvalue weighted by atomic mass is 19.4. The van der Waals surface area contributed by atoms with E-state index in [1.165, 1.54) is 12.4 Å². The first-order valence-corrected chi connectivity index (χ1v) is 8.76. The third-order valence-electron chi connectivity index (χ3n) is 4.68. The molecule has 0 N–H and O–H groups in total. The van der Waals surface area contributed by atoms with Gasteiger partial charge in [-0.25, -0.2) is 9.97 Å². The van der Waals surface area contributed by atoms with E-state index in [0.29, 0.717) is 26.1 Å². The summed E-state index contributed by atoms with van der Waals surface area (Å²) in [7, 11) is 0. The van der Waals surface area contributed by atoms with Gasteiger partial charge in [-0.1, -0.05) is 0 Å². The number of aromatic nitrogens is 3. The highest BCUT2D eigenvalue weighted by Gasteiger charge is 2.34. The molecule has 0 aliphatic carbocycles. The maximum absolute atomic E-state index is 13.4. The molecule has 0 spiro atoms. The Morgan fingerprint density at radius 2 is 2.21 bits per heavy atom. The van der Waals surface area contributed by atoms with E-state index in [1.807, 2.05) is 6.92 Å². The lowest BCUT2D eigenvalue weighted by Gasteiger charge is -2.17. The molecule has 10 heteroatoms. The number of hydrogen-bond acceptors (Lipinski definition) is 5. The number of carbonyl (C=O) groups excluding carboxylic acids is 1. The van der Waals surface area contributed by atoms with Gasteiger partial charge in [0.15, 0.2) is 12.2 Å². The van der Waals surface area contributed by atoms with Crippen molar-refractivity contribution in [2.45, 2.75) is 25.6 Å². The summed E-state index contributed by atoms with van der Waals surface area (Å²) in [5.74, 6) is -0.254. The first-order chi connectivity index (χ1) is 13.4. The molecule has 0 radical (unpaired) electrons. The summed E-state index contributed by atoms with van der Waals surface area (Å²) < 4.78 is 52.1. The minimum atomic E-state index is -4.60. The fourth-order valence-corrected chi connectivity index (χ4v) is 3.38. The molecule has 0 saturated carbocycles. The van der Waals surface area contributed by atoms with Gasteiger partial charge < -0.3 is 14.1 Å². The van der Waals surface area contributed by atoms with Crippen molar-refractivity contribution >= 4 is 11.6 Å². The van der Waals surface area contributed by atoms with Crippen LogP contribution in [0.1, 0.15) is 29.4 Å². The molecule has 4 rings (SSSR count). The number of carbonyl (C=O) groups is 1. The van der Waals surface area contributed by atoms with Gasteiger partial charge in [0.1, 0.15) is 11.3 Å². The van der Waals surface area contributed by atoms with Gasteiger partial charge in [0.05, 0.1) is 29.6 Å². The lowest BCUT2D eigenvalue weighted by Crippen LogP contribution is -2.31. The van der Waals surface area contributed by atoms with Crippen molar-refractivity contribution in [1.82, 2.24) is 19.3 Å². The molecular formula is C18H17F3N4O3. The smallest absolute Gasteiger partial charge is 0.417 e. The fraction of sp³-hybridized carbons (Fsp3) is 0.389. The average Bonchev–Trinajstić information content (AvgIpc) is 3.40. The predicted octanol–water partition coefficient (Wildman–Crippen LogP) is 3.26. The van der Waals surface area contributed by atoms with E-state index < -0.39 is 17.6 Å². The van der Waals surface area contributed by atoms with Gasteiger partial charge in [0.2, 0.25) is 0 Å². The fourth-order valence-electron chi connectivity index (χ4n) is 3.38. The van der Waals surface area contributed by atoms with Crippen LogP contribution in [-0.2, 0) is 10.9 Å². The molecule has 1 amide bonds. The van der Waals surface area contributed by atoms with Crippen molar-refractivity contribution < 1.29 is 27.1 Å². The molecule has 1 aliphatic heterocycles. The Balaban J connectivity index is 1.78. The van der Waals surface area contributed by atoms with Crippen LogP contribution < -0.4 is 0 Å². The van der Waals surface area contributed by atoms with E-state index in [-0.39, 0.29) is 28.8 Å². The third-order valence-corrected chi connectivity index (χ3v) is 4.68. The van der Waals surface area contributed by atoms with E-state index in [9.17, 15) is 18.0 Å². The van der Waals surface area contributed by atoms with Crippen LogP contribution in [0.5, 0.6) is 0 Å². The van der Waals surface area contributed by atoms with Gasteiger partial charge in [-0.3, -0.25) is 9.20 Å². The Morgan fingerprint density at radius 3 is 2.89 bits per heavy atom. The number of alkyl halides is 3. The lowest BCUT2D eigenvalue weighted by molar-refractivity contribution is -0.137. The van der Waals surface area contributed by atoms with Crippen molar-refractivity contribution in [2.75, 3.05) is 19.7 Å². The van der Waals surface area contributed by atoms with E-state index in [1.54, 1.807) is 4.90 Å². The number of imidazole rings is 1. The highest BCUT2D eigenvalue weighted by molar-refractivity contribution is 5.94. The second-order valence-corrected chi connectivity index (χ2v) is 6.46. The van der Waals surface area contributed by atoms with Crippen LogP contribution in [0, 0.1) is 0 Å². The van der Waals surface area contributed by atoms with Crippen molar-refractivity contribution in [1.29, 1.82) is 0 Å². The SMILES string of the molecule is CCOC1CCN(C(=O)c2cnc3c(-c4cnco4)cc(C(F)(F)F)cn23)C1. The number of pyridine rings is 1. The Bertz CT molecular complexity index is 998. The molecule has 3 aromatic rings. The number of halogens is 3. The topological polar surface area (TPSA) is 72.9 Å². The molecule has 1 aliphatic rings. The number of oxazole rings is 1. The number of fused-ring (bicyclic) bond motifs is 1. The molecule has 1 unspecified atom stereocenters. The van der Waals surface area contributed by atoms with Crippen molar-refractivity contribution in [2.24, 2.45) is 0 Å². The Kier molecular flexibility index (Phi) is 4.58. The lowest BCUT2D eigenvalue weighted by atomic mass is 10.1. The molecule has 3 aromatic heterocycles. The zero-order valence-electron chi connectivity index (χ0n) is 14.9. The summed E-state index contributed by atoms with van der Waals surface area (Å²) >= 11 is 0. The third kappa shape index (κ3) is 3.24. The predicted molar refractivity (Wildman–Crippen MR) is 91.6 cm³/mol. The van der Waals surface area contributed by atoms with Gasteiger partial charge in [-0.15, -0.1) is 0 Å². The standard InChI is InChI=1S/C18H17F3N4O3/c1-2-27-12-3-4-24(9-12)17(26)14-6-23-16-13(15-7-22-10-28-15)5-11(8-25(14)16)18(19,20)21/h5-8,10,12H,2-4,9H2,1H3. The molecular weight excluding hydrogens is 377 g/mol. The maximum Gasteiger partial charge on any atom is 0.417 e. The number of ether oxygens (including phenoxy) is 1. The van der Waals surface area contributed by atoms with Crippen LogP contribution in [0.2, 0.25) is 0 Å². The quantitative estimate of drug-likeness (QED) is 0.679. The van der Waals surface area contributed by atoms with Crippen molar-refractivity contribution in [3.63, 3.8) is 0 Å². The van der Waals surface area contributed by atoms with Crippen molar-refractivity contribution in [3.8, 4) is 11.3 Å². The number of rotatable bonds is 4. The van der Waals surface area contributed by atoms with Crippen molar-refractivity contribution in [3.05, 3.63) is 42.3 Å². The van der Waals surface area contributed by atoms with Crippen LogP contribution in [-0.4, -0.2) is 51.0 Å².